The van der Waals surface area contributed by atoms with Crippen molar-refractivity contribution in [3.63, 3.8) is 0 Å². The normalized spacial score (nSPS) is 17.7. The van der Waals surface area contributed by atoms with Gasteiger partial charge in [0.05, 0.1) is 31.1 Å². The van der Waals surface area contributed by atoms with Crippen LogP contribution in [-0.4, -0.2) is 48.0 Å². The van der Waals surface area contributed by atoms with E-state index >= 15 is 0 Å². The average Bonchev–Trinajstić information content (AvgIpc) is 2.83. The predicted octanol–water partition coefficient (Wildman–Crippen LogP) is 2.08. The maximum absolute atomic E-state index is 13.9. The monoisotopic (exact) mass is 499 g/mol. The topological polar surface area (TPSA) is 126 Å². The van der Waals surface area contributed by atoms with Crippen LogP contribution < -0.4 is 20.8 Å². The molecular weight excluding hydrogens is 479 g/mol. The van der Waals surface area contributed by atoms with Crippen molar-refractivity contribution in [1.29, 1.82) is 5.41 Å². The van der Waals surface area contributed by atoms with Crippen LogP contribution in [0.15, 0.2) is 52.4 Å². The average molecular weight is 499 g/mol. The Bertz CT molecular complexity index is 1400. The van der Waals surface area contributed by atoms with Gasteiger partial charge in [-0.2, -0.15) is 0 Å². The molecule has 0 spiro atoms. The van der Waals surface area contributed by atoms with Gasteiger partial charge < -0.3 is 19.9 Å². The van der Waals surface area contributed by atoms with Gasteiger partial charge in [-0.25, -0.2) is 13.2 Å². The molecular formula is C24H20F3N5O4. The van der Waals surface area contributed by atoms with Gasteiger partial charge in [0, 0.05) is 37.0 Å². The molecule has 0 bridgehead atoms. The lowest BCUT2D eigenvalue weighted by Gasteiger charge is -2.29. The lowest BCUT2D eigenvalue weighted by molar-refractivity contribution is 0.0900. The van der Waals surface area contributed by atoms with Crippen molar-refractivity contribution in [2.45, 2.75) is 12.6 Å². The molecule has 2 aliphatic rings. The first-order chi connectivity index (χ1) is 17.2. The van der Waals surface area contributed by atoms with E-state index in [9.17, 15) is 27.6 Å². The van der Waals surface area contributed by atoms with Crippen LogP contribution in [0.25, 0.3) is 0 Å². The van der Waals surface area contributed by atoms with Gasteiger partial charge in [-0.1, -0.05) is 12.2 Å². The molecule has 2 aromatic rings. The summed E-state index contributed by atoms with van der Waals surface area (Å²) in [5, 5.41) is 12.8. The van der Waals surface area contributed by atoms with Gasteiger partial charge in [0.1, 0.15) is 23.0 Å². The summed E-state index contributed by atoms with van der Waals surface area (Å²) in [5.41, 5.74) is -1.40. The molecule has 1 atom stereocenters. The van der Waals surface area contributed by atoms with Crippen molar-refractivity contribution < 1.29 is 27.5 Å². The van der Waals surface area contributed by atoms with E-state index in [4.69, 9.17) is 10.1 Å². The highest BCUT2D eigenvalue weighted by Gasteiger charge is 2.32. The first-order valence-corrected chi connectivity index (χ1v) is 10.7. The second kappa shape index (κ2) is 10.0. The number of methoxy groups -OCH3 is 1. The van der Waals surface area contributed by atoms with Crippen molar-refractivity contribution in [3.8, 4) is 5.75 Å². The minimum Gasteiger partial charge on any atom is -0.491 e. The van der Waals surface area contributed by atoms with Crippen molar-refractivity contribution in [3.05, 3.63) is 87.1 Å². The number of aromatic nitrogens is 1. The Balaban J connectivity index is 1.67. The first-order valence-electron chi connectivity index (χ1n) is 10.7. The maximum atomic E-state index is 13.9. The van der Waals surface area contributed by atoms with Crippen LogP contribution in [-0.2, 0) is 6.54 Å². The van der Waals surface area contributed by atoms with Crippen LogP contribution in [0.5, 0.6) is 5.75 Å². The molecule has 1 aliphatic carbocycles. The number of ether oxygens (including phenoxy) is 1. The second-order valence-corrected chi connectivity index (χ2v) is 7.91. The molecule has 0 saturated heterocycles. The highest BCUT2D eigenvalue weighted by Crippen LogP contribution is 2.24. The van der Waals surface area contributed by atoms with E-state index in [1.165, 1.54) is 17.9 Å². The number of hydrogen-bond donors (Lipinski definition) is 3. The summed E-state index contributed by atoms with van der Waals surface area (Å²) >= 11 is 0. The van der Waals surface area contributed by atoms with Crippen LogP contribution in [0.1, 0.15) is 32.5 Å². The van der Waals surface area contributed by atoms with E-state index in [2.05, 4.69) is 15.6 Å². The van der Waals surface area contributed by atoms with Crippen LogP contribution in [0.4, 0.5) is 13.2 Å². The van der Waals surface area contributed by atoms with Crippen molar-refractivity contribution in [2.75, 3.05) is 20.2 Å². The van der Waals surface area contributed by atoms with Gasteiger partial charge >= 0.3 is 0 Å². The predicted molar refractivity (Wildman–Crippen MR) is 124 cm³/mol. The minimum atomic E-state index is -1.19. The lowest BCUT2D eigenvalue weighted by Crippen LogP contribution is -2.43. The molecule has 0 unspecified atom stereocenters. The lowest BCUT2D eigenvalue weighted by atomic mass is 10.1. The molecule has 0 fully saturated rings. The summed E-state index contributed by atoms with van der Waals surface area (Å²) in [6.07, 6.45) is 7.82. The highest BCUT2D eigenvalue weighted by molar-refractivity contribution is 6.50. The molecule has 1 aliphatic heterocycles. The fourth-order valence-corrected chi connectivity index (χ4v) is 3.83. The van der Waals surface area contributed by atoms with Gasteiger partial charge in [0.15, 0.2) is 11.4 Å². The van der Waals surface area contributed by atoms with Gasteiger partial charge in [-0.05, 0) is 12.2 Å². The van der Waals surface area contributed by atoms with Crippen LogP contribution in [0.3, 0.4) is 0 Å². The number of fused-ring (bicyclic) bond motifs is 1. The minimum absolute atomic E-state index is 0.0995. The molecule has 12 heteroatoms. The maximum Gasteiger partial charge on any atom is 0.272 e. The number of hydrogen-bond acceptors (Lipinski definition) is 6. The number of aliphatic imine (C=N–C) groups is 1. The first kappa shape index (κ1) is 24.6. The fourth-order valence-electron chi connectivity index (χ4n) is 3.83. The molecule has 9 nitrogen and oxygen atoms in total. The van der Waals surface area contributed by atoms with Gasteiger partial charge in [0.2, 0.25) is 5.43 Å². The number of nitrogens with zero attached hydrogens (tertiary/aromatic N) is 2. The van der Waals surface area contributed by atoms with Crippen LogP contribution >= 0.6 is 0 Å². The van der Waals surface area contributed by atoms with Crippen LogP contribution in [0, 0.1) is 22.9 Å². The number of allylic oxidation sites excluding steroid dienone is 4. The largest absolute Gasteiger partial charge is 0.491 e. The molecule has 0 radical (unpaired) electrons. The molecule has 1 aromatic heterocycles. The molecule has 3 N–H and O–H groups in total. The zero-order valence-corrected chi connectivity index (χ0v) is 18.9. The third-order valence-electron chi connectivity index (χ3n) is 5.66. The molecule has 36 heavy (non-hydrogen) atoms. The Hall–Kier alpha value is -4.48. The Morgan fingerprint density at radius 1 is 1.22 bits per heavy atom. The van der Waals surface area contributed by atoms with Gasteiger partial charge in [0.25, 0.3) is 11.8 Å². The van der Waals surface area contributed by atoms with Crippen molar-refractivity contribution >= 4 is 23.2 Å². The summed E-state index contributed by atoms with van der Waals surface area (Å²) in [5.74, 6) is -5.45. The van der Waals surface area contributed by atoms with E-state index in [1.54, 1.807) is 24.3 Å². The molecule has 4 rings (SSSR count). The van der Waals surface area contributed by atoms with E-state index in [0.29, 0.717) is 17.8 Å². The fraction of sp³-hybridized carbons (Fsp3) is 0.208. The van der Waals surface area contributed by atoms with Gasteiger partial charge in [-0.3, -0.25) is 24.8 Å². The number of benzene rings is 1. The molecule has 2 heterocycles. The van der Waals surface area contributed by atoms with Crippen molar-refractivity contribution in [1.82, 2.24) is 15.2 Å². The third kappa shape index (κ3) is 4.69. The van der Waals surface area contributed by atoms with Crippen molar-refractivity contribution in [2.24, 2.45) is 4.99 Å². The van der Waals surface area contributed by atoms with E-state index in [-0.39, 0.29) is 30.2 Å². The highest BCUT2D eigenvalue weighted by atomic mass is 19.1. The zero-order chi connectivity index (χ0) is 26.0. The molecule has 1 aromatic carbocycles. The van der Waals surface area contributed by atoms with Crippen LogP contribution in [0.2, 0.25) is 0 Å². The summed E-state index contributed by atoms with van der Waals surface area (Å²) in [6, 6.07) is 0.414. The van der Waals surface area contributed by atoms with E-state index in [1.807, 2.05) is 0 Å². The number of rotatable bonds is 6. The van der Waals surface area contributed by atoms with Gasteiger partial charge in [-0.15, -0.1) is 0 Å². The SMILES string of the molecule is COc1c2n(cc(C(=O)NCc3c(F)cc(F)cc3F)c1=O)[C@@H](C/N=C1/C=CC=CC1=N)CNC2=O. The Morgan fingerprint density at radius 3 is 2.58 bits per heavy atom. The summed E-state index contributed by atoms with van der Waals surface area (Å²) < 4.78 is 47.6. The third-order valence-corrected chi connectivity index (χ3v) is 5.66. The quantitative estimate of drug-likeness (QED) is 0.526. The Labute approximate surface area is 202 Å². The summed E-state index contributed by atoms with van der Waals surface area (Å²) in [6.45, 7) is -0.434. The number of nitrogens with one attached hydrogen (secondary N) is 3. The second-order valence-electron chi connectivity index (χ2n) is 7.91. The Morgan fingerprint density at radius 2 is 1.92 bits per heavy atom. The molecule has 2 amide bonds. The smallest absolute Gasteiger partial charge is 0.272 e. The summed E-state index contributed by atoms with van der Waals surface area (Å²) in [7, 11) is 1.17. The summed E-state index contributed by atoms with van der Waals surface area (Å²) in [4.78, 5) is 42.8. The zero-order valence-electron chi connectivity index (χ0n) is 18.9. The number of amides is 2. The Kier molecular flexibility index (Phi) is 6.86. The van der Waals surface area contributed by atoms with E-state index in [0.717, 1.165) is 0 Å². The molecule has 186 valence electrons. The number of carbonyl (C=O) groups is 2. The number of halogens is 3. The molecule has 0 saturated carbocycles. The number of carbonyl (C=O) groups excluding carboxylic acids is 2. The van der Waals surface area contributed by atoms with E-state index < -0.39 is 58.4 Å². The number of pyridine rings is 1. The standard InChI is InChI=1S/C24H20F3N5O4/c1-36-22-20-24(35)30-9-13(8-29-19-5-3-2-4-18(19)28)32(20)11-15(21(22)33)23(34)31-10-14-16(26)6-12(25)7-17(14)27/h2-7,11,13,28H,8-10H2,1H3,(H,30,35)(H,31,34)/b28-18?,29-19-/t13-/m0/s1.